The number of carbonyl (C=O) groups excluding carboxylic acids is 3. The Morgan fingerprint density at radius 3 is 2.75 bits per heavy atom. The van der Waals surface area contributed by atoms with Gasteiger partial charge in [-0.1, -0.05) is 44.2 Å². The smallest absolute Gasteiger partial charge is 0.269 e. The van der Waals surface area contributed by atoms with Gasteiger partial charge in [0.1, 0.15) is 24.3 Å². The van der Waals surface area contributed by atoms with Crippen molar-refractivity contribution in [1.29, 1.82) is 0 Å². The Morgan fingerprint density at radius 2 is 2.12 bits per heavy atom. The fraction of sp³-hybridized carbons (Fsp3) is 0.480. The maximum Gasteiger partial charge on any atom is 0.269 e. The van der Waals surface area contributed by atoms with E-state index >= 15 is 0 Å². The maximum atomic E-state index is 13.3. The summed E-state index contributed by atoms with van der Waals surface area (Å²) in [4.78, 5) is 39.1. The summed E-state index contributed by atoms with van der Waals surface area (Å²) >= 11 is 0. The van der Waals surface area contributed by atoms with Crippen LogP contribution in [0, 0.1) is 5.92 Å². The van der Waals surface area contributed by atoms with Gasteiger partial charge < -0.3 is 15.5 Å². The lowest BCUT2D eigenvalue weighted by molar-refractivity contribution is -0.127. The highest BCUT2D eigenvalue weighted by Gasteiger charge is 2.48. The van der Waals surface area contributed by atoms with Crippen LogP contribution in [0.15, 0.2) is 58.9 Å². The molecule has 2 heterocycles. The van der Waals surface area contributed by atoms with E-state index in [0.29, 0.717) is 30.5 Å². The Balaban J connectivity index is 1.88. The summed E-state index contributed by atoms with van der Waals surface area (Å²) in [5.74, 6) is -0.263. The van der Waals surface area contributed by atoms with Crippen LogP contribution >= 0.6 is 0 Å². The molecule has 0 aromatic carbocycles. The third-order valence-electron chi connectivity index (χ3n) is 6.61. The van der Waals surface area contributed by atoms with Gasteiger partial charge in [0.2, 0.25) is 0 Å². The van der Waals surface area contributed by atoms with Crippen molar-refractivity contribution in [2.45, 2.75) is 51.6 Å². The Labute approximate surface area is 189 Å². The van der Waals surface area contributed by atoms with E-state index in [-0.39, 0.29) is 29.9 Å². The van der Waals surface area contributed by atoms with E-state index in [2.05, 4.69) is 24.1 Å². The molecule has 3 aliphatic rings. The predicted molar refractivity (Wildman–Crippen MR) is 122 cm³/mol. The van der Waals surface area contributed by atoms with E-state index in [1.54, 1.807) is 11.0 Å². The van der Waals surface area contributed by atoms with Gasteiger partial charge in [-0.2, -0.15) is 0 Å². The first kappa shape index (κ1) is 23.7. The second-order valence-electron chi connectivity index (χ2n) is 8.68. The van der Waals surface area contributed by atoms with Gasteiger partial charge in [0.25, 0.3) is 11.8 Å². The van der Waals surface area contributed by atoms with Gasteiger partial charge in [-0.15, -0.1) is 0 Å². The quantitative estimate of drug-likeness (QED) is 0.361. The van der Waals surface area contributed by atoms with Crippen LogP contribution in [0.4, 0.5) is 4.39 Å². The molecule has 32 heavy (non-hydrogen) atoms. The van der Waals surface area contributed by atoms with Gasteiger partial charge in [-0.3, -0.25) is 14.4 Å². The van der Waals surface area contributed by atoms with Crippen LogP contribution in [0.1, 0.15) is 46.0 Å². The van der Waals surface area contributed by atoms with Crippen LogP contribution in [-0.2, 0) is 14.4 Å². The number of hydrogen-bond donors (Lipinski definition) is 2. The minimum atomic E-state index is -0.600. The standard InChI is InChI=1S/C25H32FN3O3/c1-4-17(2)15-19(8-6-12-26)16-29-13-9-20(21(10-14-30)24(29)32)22-23(31)28-25(27-22)11-5-7-18(25)3/h6,8,10,14-15,18,27H,2,4-5,7,9,11-13,16H2,1,3H3,(H,28,31)/b8-6-,19-15+,21-10+,22-20-. The summed E-state index contributed by atoms with van der Waals surface area (Å²) in [5.41, 5.74) is 2.37. The summed E-state index contributed by atoms with van der Waals surface area (Å²) in [6.07, 6.45) is 10.8. The molecular weight excluding hydrogens is 409 g/mol. The third kappa shape index (κ3) is 4.76. The number of nitrogens with zero attached hydrogens (tertiary/aromatic N) is 1. The molecule has 0 radical (unpaired) electrons. The average molecular weight is 442 g/mol. The van der Waals surface area contributed by atoms with Gasteiger partial charge >= 0.3 is 0 Å². The molecule has 0 aromatic heterocycles. The molecule has 2 saturated heterocycles. The molecular formula is C25H32FN3O3. The minimum Gasteiger partial charge on any atom is -0.358 e. The fourth-order valence-corrected chi connectivity index (χ4v) is 4.70. The Hall–Kier alpha value is -2.96. The molecule has 3 rings (SSSR count). The molecule has 1 spiro atoms. The number of rotatable bonds is 7. The van der Waals surface area contributed by atoms with E-state index < -0.39 is 12.3 Å². The zero-order chi connectivity index (χ0) is 23.3. The van der Waals surface area contributed by atoms with Crippen LogP contribution in [0.2, 0.25) is 0 Å². The highest BCUT2D eigenvalue weighted by Crippen LogP contribution is 2.39. The number of carbonyl (C=O) groups is 3. The van der Waals surface area contributed by atoms with Crippen LogP contribution in [-0.4, -0.2) is 48.4 Å². The molecule has 1 aliphatic carbocycles. The summed E-state index contributed by atoms with van der Waals surface area (Å²) in [7, 11) is 0. The van der Waals surface area contributed by atoms with E-state index in [9.17, 15) is 18.8 Å². The van der Waals surface area contributed by atoms with Crippen LogP contribution in [0.25, 0.3) is 0 Å². The lowest BCUT2D eigenvalue weighted by atomic mass is 9.93. The van der Waals surface area contributed by atoms with Crippen molar-refractivity contribution in [3.8, 4) is 0 Å². The van der Waals surface area contributed by atoms with E-state index in [0.717, 1.165) is 36.8 Å². The van der Waals surface area contributed by atoms with Gasteiger partial charge in [0.05, 0.1) is 0 Å². The highest BCUT2D eigenvalue weighted by atomic mass is 19.1. The highest BCUT2D eigenvalue weighted by molar-refractivity contribution is 6.06. The Bertz CT molecular complexity index is 931. The number of aldehydes is 1. The summed E-state index contributed by atoms with van der Waals surface area (Å²) in [5, 5.41) is 6.46. The molecule has 6 nitrogen and oxygen atoms in total. The number of likely N-dealkylation sites (tertiary alicyclic amines) is 1. The van der Waals surface area contributed by atoms with Crippen molar-refractivity contribution in [2.24, 2.45) is 5.92 Å². The molecule has 0 aromatic rings. The number of allylic oxidation sites excluding steroid dienone is 4. The Morgan fingerprint density at radius 1 is 1.34 bits per heavy atom. The monoisotopic (exact) mass is 441 g/mol. The third-order valence-corrected chi connectivity index (χ3v) is 6.61. The van der Waals surface area contributed by atoms with Crippen LogP contribution in [0.5, 0.6) is 0 Å². The van der Waals surface area contributed by atoms with E-state index in [1.807, 2.05) is 13.0 Å². The number of alkyl halides is 1. The van der Waals surface area contributed by atoms with Crippen molar-refractivity contribution in [3.05, 3.63) is 58.9 Å². The van der Waals surface area contributed by atoms with E-state index in [4.69, 9.17) is 0 Å². The first-order valence-electron chi connectivity index (χ1n) is 11.2. The minimum absolute atomic E-state index is 0.225. The molecule has 3 fully saturated rings. The topological polar surface area (TPSA) is 78.5 Å². The predicted octanol–water partition coefficient (Wildman–Crippen LogP) is 3.25. The number of piperidine rings is 1. The van der Waals surface area contributed by atoms with Crippen molar-refractivity contribution >= 4 is 18.1 Å². The molecule has 7 heteroatoms. The molecule has 2 N–H and O–H groups in total. The normalized spacial score (nSPS) is 29.8. The van der Waals surface area contributed by atoms with Gasteiger partial charge in [0, 0.05) is 18.7 Å². The first-order valence-corrected chi connectivity index (χ1v) is 11.2. The zero-order valence-corrected chi connectivity index (χ0v) is 18.9. The summed E-state index contributed by atoms with van der Waals surface area (Å²) in [6.45, 7) is 8.11. The second kappa shape index (κ2) is 10.1. The zero-order valence-electron chi connectivity index (χ0n) is 18.9. The van der Waals surface area contributed by atoms with Gasteiger partial charge in [0.15, 0.2) is 0 Å². The number of amides is 2. The molecule has 2 aliphatic heterocycles. The largest absolute Gasteiger partial charge is 0.358 e. The number of halogens is 1. The summed E-state index contributed by atoms with van der Waals surface area (Å²) in [6, 6.07) is 0. The first-order chi connectivity index (χ1) is 15.3. The molecule has 2 amide bonds. The van der Waals surface area contributed by atoms with Crippen molar-refractivity contribution in [2.75, 3.05) is 19.8 Å². The van der Waals surface area contributed by atoms with Crippen molar-refractivity contribution in [3.63, 3.8) is 0 Å². The van der Waals surface area contributed by atoms with Crippen molar-refractivity contribution < 1.29 is 18.8 Å². The van der Waals surface area contributed by atoms with Gasteiger partial charge in [-0.05, 0) is 55.2 Å². The average Bonchev–Trinajstić information content (AvgIpc) is 3.30. The molecule has 172 valence electrons. The lowest BCUT2D eigenvalue weighted by Crippen LogP contribution is -2.51. The van der Waals surface area contributed by atoms with E-state index in [1.165, 1.54) is 12.2 Å². The fourth-order valence-electron chi connectivity index (χ4n) is 4.70. The van der Waals surface area contributed by atoms with Crippen LogP contribution < -0.4 is 10.6 Å². The number of hydrogen-bond acceptors (Lipinski definition) is 4. The molecule has 0 bridgehead atoms. The lowest BCUT2D eigenvalue weighted by Gasteiger charge is -2.32. The number of nitrogens with one attached hydrogen (secondary N) is 2. The maximum absolute atomic E-state index is 13.3. The van der Waals surface area contributed by atoms with Crippen molar-refractivity contribution in [1.82, 2.24) is 15.5 Å². The summed E-state index contributed by atoms with van der Waals surface area (Å²) < 4.78 is 12.7. The Kier molecular flexibility index (Phi) is 7.48. The SMILES string of the molecule is C=C(/C=C(\C=C/CF)CN1CCC(=C2/NC3(CCCC3C)NC2=O)/C(=C\C=O)C1=O)CC. The molecule has 1 saturated carbocycles. The van der Waals surface area contributed by atoms with Gasteiger partial charge in [-0.25, -0.2) is 4.39 Å². The molecule has 2 atom stereocenters. The van der Waals surface area contributed by atoms with Crippen LogP contribution in [0.3, 0.4) is 0 Å². The molecule has 2 unspecified atom stereocenters. The second-order valence-corrected chi connectivity index (χ2v) is 8.68.